The van der Waals surface area contributed by atoms with Crippen molar-refractivity contribution in [1.29, 1.82) is 0 Å². The number of aliphatic hydroxyl groups excluding tert-OH is 1. The van der Waals surface area contributed by atoms with Crippen LogP contribution < -0.4 is 0 Å². The Bertz CT molecular complexity index is 365. The van der Waals surface area contributed by atoms with Crippen molar-refractivity contribution in [2.24, 2.45) is 11.8 Å². The minimum atomic E-state index is -0.639. The molecular weight excluding hydrogens is 248 g/mol. The van der Waals surface area contributed by atoms with Crippen LogP contribution in [0.15, 0.2) is 12.2 Å². The Morgan fingerprint density at radius 1 is 1.37 bits per heavy atom. The number of allylic oxidation sites excluding steroid dienone is 2. The fourth-order valence-corrected chi connectivity index (χ4v) is 2.76. The molecule has 0 aromatic carbocycles. The molecule has 0 aromatic heterocycles. The summed E-state index contributed by atoms with van der Waals surface area (Å²) in [6, 6.07) is 0. The summed E-state index contributed by atoms with van der Waals surface area (Å²) in [5.74, 6) is -0.402. The first kappa shape index (κ1) is 14.2. The third-order valence-electron chi connectivity index (χ3n) is 3.92. The van der Waals surface area contributed by atoms with Gasteiger partial charge in [0.25, 0.3) is 0 Å². The monoisotopic (exact) mass is 268 g/mol. The van der Waals surface area contributed by atoms with Crippen LogP contribution in [0.4, 0.5) is 0 Å². The predicted molar refractivity (Wildman–Crippen MR) is 67.3 cm³/mol. The molecule has 5 atom stereocenters. The van der Waals surface area contributed by atoms with Crippen LogP contribution in [0.1, 0.15) is 25.7 Å². The number of ether oxygens (including phenoxy) is 2. The summed E-state index contributed by atoms with van der Waals surface area (Å²) in [6.07, 6.45) is 6.87. The molecule has 19 heavy (non-hydrogen) atoms. The molecule has 106 valence electrons. The van der Waals surface area contributed by atoms with Gasteiger partial charge in [0.05, 0.1) is 19.3 Å². The van der Waals surface area contributed by atoms with Crippen LogP contribution in [-0.4, -0.2) is 42.8 Å². The molecule has 1 aliphatic heterocycles. The van der Waals surface area contributed by atoms with Crippen LogP contribution in [0.5, 0.6) is 0 Å². The fraction of sp³-hybridized carbons (Fsp3) is 0.714. The molecule has 0 radical (unpaired) electrons. The van der Waals surface area contributed by atoms with Crippen molar-refractivity contribution in [2.45, 2.75) is 44.0 Å². The third kappa shape index (κ3) is 3.22. The van der Waals surface area contributed by atoms with E-state index < -0.39 is 6.10 Å². The van der Waals surface area contributed by atoms with Crippen LogP contribution in [0.3, 0.4) is 0 Å². The van der Waals surface area contributed by atoms with Crippen LogP contribution in [0.2, 0.25) is 0 Å². The summed E-state index contributed by atoms with van der Waals surface area (Å²) in [7, 11) is 1.38. The molecule has 2 aliphatic rings. The molecule has 5 nitrogen and oxygen atoms in total. The topological polar surface area (TPSA) is 76.1 Å². The van der Waals surface area contributed by atoms with Gasteiger partial charge in [-0.15, -0.1) is 0 Å². The SMILES string of the molecule is COC(=O)CCCC=CC[C@H]1[C@H](C=O)[C@@H](O)[C@@H]2O[C@H]12. The lowest BCUT2D eigenvalue weighted by Crippen LogP contribution is -2.27. The smallest absolute Gasteiger partial charge is 0.305 e. The van der Waals surface area contributed by atoms with E-state index in [9.17, 15) is 14.7 Å². The first-order chi connectivity index (χ1) is 9.19. The van der Waals surface area contributed by atoms with Gasteiger partial charge in [0, 0.05) is 18.3 Å². The number of epoxide rings is 1. The number of fused-ring (bicyclic) bond motifs is 1. The predicted octanol–water partition coefficient (Wildman–Crippen LogP) is 0.849. The highest BCUT2D eigenvalue weighted by atomic mass is 16.6. The van der Waals surface area contributed by atoms with Gasteiger partial charge in [-0.25, -0.2) is 0 Å². The molecule has 0 bridgehead atoms. The normalized spacial score (nSPS) is 36.2. The molecule has 2 rings (SSSR count). The molecule has 0 amide bonds. The molecule has 0 aromatic rings. The van der Waals surface area contributed by atoms with E-state index in [4.69, 9.17) is 4.74 Å². The fourth-order valence-electron chi connectivity index (χ4n) is 2.76. The van der Waals surface area contributed by atoms with Gasteiger partial charge >= 0.3 is 5.97 Å². The maximum absolute atomic E-state index is 10.9. The summed E-state index contributed by atoms with van der Waals surface area (Å²) in [4.78, 5) is 21.8. The van der Waals surface area contributed by atoms with Crippen molar-refractivity contribution in [1.82, 2.24) is 0 Å². The van der Waals surface area contributed by atoms with Crippen LogP contribution in [-0.2, 0) is 19.1 Å². The van der Waals surface area contributed by atoms with Gasteiger partial charge in [-0.1, -0.05) is 12.2 Å². The number of esters is 1. The average molecular weight is 268 g/mol. The number of unbranched alkanes of at least 4 members (excludes halogenated alkanes) is 1. The van der Waals surface area contributed by atoms with E-state index in [1.807, 2.05) is 12.2 Å². The number of aldehydes is 1. The Balaban J connectivity index is 1.68. The molecule has 1 heterocycles. The standard InChI is InChI=1S/C14H20O5/c1-18-11(16)7-5-3-2-4-6-9-10(8-15)12(17)14-13(9)19-14/h2,4,8-10,12-14,17H,3,5-7H2,1H3/t9-,10-,12+,13+,14-/m0/s1. The Hall–Kier alpha value is -1.20. The molecule has 1 N–H and O–H groups in total. The molecule has 1 saturated carbocycles. The van der Waals surface area contributed by atoms with Gasteiger partial charge in [-0.05, 0) is 19.3 Å². The van der Waals surface area contributed by atoms with Crippen LogP contribution >= 0.6 is 0 Å². The van der Waals surface area contributed by atoms with Gasteiger partial charge in [-0.2, -0.15) is 0 Å². The quantitative estimate of drug-likeness (QED) is 0.243. The third-order valence-corrected chi connectivity index (χ3v) is 3.92. The number of carbonyl (C=O) groups is 2. The number of carbonyl (C=O) groups excluding carboxylic acids is 2. The minimum absolute atomic E-state index is 0.0462. The lowest BCUT2D eigenvalue weighted by Gasteiger charge is -2.17. The van der Waals surface area contributed by atoms with Crippen molar-refractivity contribution in [2.75, 3.05) is 7.11 Å². The second kappa shape index (κ2) is 6.30. The Morgan fingerprint density at radius 2 is 2.16 bits per heavy atom. The van der Waals surface area contributed by atoms with Gasteiger partial charge in [0.2, 0.25) is 0 Å². The van der Waals surface area contributed by atoms with Crippen molar-refractivity contribution >= 4 is 12.3 Å². The molecule has 1 aliphatic carbocycles. The summed E-state index contributed by atoms with van der Waals surface area (Å²) >= 11 is 0. The van der Waals surface area contributed by atoms with Gasteiger partial charge in [0.1, 0.15) is 12.4 Å². The van der Waals surface area contributed by atoms with Crippen molar-refractivity contribution in [3.05, 3.63) is 12.2 Å². The van der Waals surface area contributed by atoms with Gasteiger partial charge in [0.15, 0.2) is 0 Å². The van der Waals surface area contributed by atoms with Crippen molar-refractivity contribution in [3.8, 4) is 0 Å². The van der Waals surface area contributed by atoms with Crippen LogP contribution in [0.25, 0.3) is 0 Å². The molecular formula is C14H20O5. The van der Waals surface area contributed by atoms with E-state index in [-0.39, 0.29) is 30.0 Å². The zero-order valence-electron chi connectivity index (χ0n) is 11.0. The van der Waals surface area contributed by atoms with E-state index in [1.165, 1.54) is 7.11 Å². The highest BCUT2D eigenvalue weighted by Crippen LogP contribution is 2.47. The molecule has 0 spiro atoms. The summed E-state index contributed by atoms with van der Waals surface area (Å²) in [6.45, 7) is 0. The first-order valence-electron chi connectivity index (χ1n) is 6.69. The molecule has 0 unspecified atom stereocenters. The average Bonchev–Trinajstić information content (AvgIpc) is 3.16. The molecule has 2 fully saturated rings. The number of rotatable bonds is 7. The van der Waals surface area contributed by atoms with E-state index in [0.717, 1.165) is 25.5 Å². The zero-order valence-corrected chi connectivity index (χ0v) is 11.0. The van der Waals surface area contributed by atoms with E-state index >= 15 is 0 Å². The number of hydrogen-bond donors (Lipinski definition) is 1. The highest BCUT2D eigenvalue weighted by molar-refractivity contribution is 5.69. The lowest BCUT2D eigenvalue weighted by molar-refractivity contribution is -0.140. The van der Waals surface area contributed by atoms with E-state index in [0.29, 0.717) is 6.42 Å². The molecule has 5 heteroatoms. The second-order valence-electron chi connectivity index (χ2n) is 5.11. The van der Waals surface area contributed by atoms with Crippen molar-refractivity contribution < 1.29 is 24.2 Å². The zero-order chi connectivity index (χ0) is 13.8. The van der Waals surface area contributed by atoms with E-state index in [1.54, 1.807) is 0 Å². The van der Waals surface area contributed by atoms with Crippen LogP contribution in [0, 0.1) is 11.8 Å². The first-order valence-corrected chi connectivity index (χ1v) is 6.69. The highest BCUT2D eigenvalue weighted by Gasteiger charge is 2.60. The minimum Gasteiger partial charge on any atom is -0.469 e. The Kier molecular flexibility index (Phi) is 4.71. The number of hydrogen-bond acceptors (Lipinski definition) is 5. The number of methoxy groups -OCH3 is 1. The maximum atomic E-state index is 10.9. The maximum Gasteiger partial charge on any atom is 0.305 e. The summed E-state index contributed by atoms with van der Waals surface area (Å²) in [5, 5.41) is 9.77. The Labute approximate surface area is 112 Å². The van der Waals surface area contributed by atoms with Gasteiger partial charge in [-0.3, -0.25) is 4.79 Å². The Morgan fingerprint density at radius 3 is 2.84 bits per heavy atom. The van der Waals surface area contributed by atoms with Gasteiger partial charge < -0.3 is 19.4 Å². The lowest BCUT2D eigenvalue weighted by atomic mass is 9.91. The van der Waals surface area contributed by atoms with Crippen molar-refractivity contribution in [3.63, 3.8) is 0 Å². The molecule has 1 saturated heterocycles. The largest absolute Gasteiger partial charge is 0.469 e. The second-order valence-corrected chi connectivity index (χ2v) is 5.11. The summed E-state index contributed by atoms with van der Waals surface area (Å²) < 4.78 is 9.88. The number of aliphatic hydroxyl groups is 1. The van der Waals surface area contributed by atoms with E-state index in [2.05, 4.69) is 4.74 Å². The summed E-state index contributed by atoms with van der Waals surface area (Å²) in [5.41, 5.74) is 0.